The molecule has 0 saturated heterocycles. The lowest BCUT2D eigenvalue weighted by molar-refractivity contribution is -0.143. The molecule has 0 unspecified atom stereocenters. The van der Waals surface area contributed by atoms with Gasteiger partial charge >= 0.3 is 12.2 Å². The molecular formula is C46H43ClF9N9O5S. The van der Waals surface area contributed by atoms with Crippen LogP contribution in [0.15, 0.2) is 46.9 Å². The zero-order valence-corrected chi connectivity index (χ0v) is 39.9. The third-order valence-corrected chi connectivity index (χ3v) is 15.6. The fourth-order valence-electron chi connectivity index (χ4n) is 8.51. The fourth-order valence-corrected chi connectivity index (χ4v) is 10.5. The average Bonchev–Trinajstić information content (AvgIpc) is 3.67. The number of nitrogens with zero attached hydrogens (tertiary/aromatic N) is 7. The highest BCUT2D eigenvalue weighted by Crippen LogP contribution is 2.55. The summed E-state index contributed by atoms with van der Waals surface area (Å²) in [4.78, 5) is 19.0. The Bertz CT molecular complexity index is 3240. The van der Waals surface area contributed by atoms with Gasteiger partial charge in [0.2, 0.25) is 11.8 Å². The number of sulfone groups is 1. The quantitative estimate of drug-likeness (QED) is 0.0698. The number of benzene rings is 2. The van der Waals surface area contributed by atoms with Gasteiger partial charge in [-0.05, 0) is 94.7 Å². The van der Waals surface area contributed by atoms with Gasteiger partial charge in [-0.2, -0.15) is 32.1 Å². The smallest absolute Gasteiger partial charge is 0.405 e. The largest absolute Gasteiger partial charge is 0.435 e. The van der Waals surface area contributed by atoms with Gasteiger partial charge < -0.3 is 14.8 Å². The molecule has 4 heterocycles. The first-order valence-corrected chi connectivity index (χ1v) is 23.8. The number of hydrogen-bond acceptors (Lipinski definition) is 11. The van der Waals surface area contributed by atoms with E-state index in [0.29, 0.717) is 18.9 Å². The Labute approximate surface area is 404 Å². The van der Waals surface area contributed by atoms with Gasteiger partial charge in [0.15, 0.2) is 21.3 Å². The molecule has 25 heteroatoms. The third kappa shape index (κ3) is 9.91. The highest BCUT2D eigenvalue weighted by atomic mass is 35.5. The number of halogens is 10. The second kappa shape index (κ2) is 18.1. The number of aromatic nitrogens is 7. The van der Waals surface area contributed by atoms with E-state index in [9.17, 15) is 49.1 Å². The van der Waals surface area contributed by atoms with Gasteiger partial charge in [-0.3, -0.25) is 19.5 Å². The first-order chi connectivity index (χ1) is 33.0. The van der Waals surface area contributed by atoms with Gasteiger partial charge in [0.05, 0.1) is 32.9 Å². The van der Waals surface area contributed by atoms with Crippen LogP contribution >= 0.6 is 11.6 Å². The van der Waals surface area contributed by atoms with E-state index in [2.05, 4.69) is 42.9 Å². The van der Waals surface area contributed by atoms with Gasteiger partial charge in [0, 0.05) is 28.7 Å². The molecule has 71 heavy (non-hydrogen) atoms. The molecule has 2 aromatic carbocycles. The number of hydrogen-bond donors (Lipinski definition) is 3. The van der Waals surface area contributed by atoms with E-state index < -0.39 is 116 Å². The van der Waals surface area contributed by atoms with Crippen LogP contribution < -0.4 is 10.6 Å². The number of carbonyl (C=O) groups is 1. The molecule has 0 radical (unpaired) electrons. The maximum absolute atomic E-state index is 15.8. The summed E-state index contributed by atoms with van der Waals surface area (Å²) in [5.74, 6) is -5.09. The Morgan fingerprint density at radius 3 is 2.25 bits per heavy atom. The molecule has 14 nitrogen and oxygen atoms in total. The van der Waals surface area contributed by atoms with E-state index in [-0.39, 0.29) is 66.4 Å². The van der Waals surface area contributed by atoms with E-state index in [0.717, 1.165) is 23.7 Å². The Morgan fingerprint density at radius 1 is 0.986 bits per heavy atom. The monoisotopic (exact) mass is 1040 g/mol. The Balaban J connectivity index is 1.32. The molecule has 2 aliphatic carbocycles. The Kier molecular flexibility index (Phi) is 13.1. The van der Waals surface area contributed by atoms with Crippen molar-refractivity contribution in [1.29, 1.82) is 0 Å². The average molecular weight is 1040 g/mol. The molecule has 6 aromatic rings. The van der Waals surface area contributed by atoms with Gasteiger partial charge in [-0.25, -0.2) is 31.0 Å². The maximum Gasteiger partial charge on any atom is 0.435 e. The highest BCUT2D eigenvalue weighted by molar-refractivity contribution is 7.93. The molecule has 3 atom stereocenters. The summed E-state index contributed by atoms with van der Waals surface area (Å²) in [7, 11) is -3.78. The van der Waals surface area contributed by atoms with Crippen molar-refractivity contribution in [2.75, 3.05) is 5.32 Å². The number of amides is 1. The summed E-state index contributed by atoms with van der Waals surface area (Å²) >= 11 is 6.75. The van der Waals surface area contributed by atoms with Crippen molar-refractivity contribution in [1.82, 2.24) is 40.1 Å². The first-order valence-electron chi connectivity index (χ1n) is 21.9. The number of nitrogens with one attached hydrogen (secondary N) is 2. The van der Waals surface area contributed by atoms with Gasteiger partial charge in [0.25, 0.3) is 12.3 Å². The van der Waals surface area contributed by atoms with Gasteiger partial charge in [0.1, 0.15) is 46.5 Å². The SMILES string of the molecule is C[C@@H]1c2c(C(F)(F)F)nn(CC(=O)N[C@@H](Cc3cc(F)cc(F)c3)c3nc(C#CC(C)(C)S(=O)(=O)C4CC4)ccc3-c3ccc(Cl)c4c(Nc5nnc(C(C)(C)O)o5)nn(CC(F)F)c34)c2C(F)(F)[C@@H]1C. The molecule has 1 amide bonds. The number of carbonyl (C=O) groups excluding carboxylic acids is 1. The molecule has 3 N–H and O–H groups in total. The van der Waals surface area contributed by atoms with Crippen LogP contribution in [0.5, 0.6) is 0 Å². The van der Waals surface area contributed by atoms with Crippen LogP contribution in [0.4, 0.5) is 51.3 Å². The molecule has 1 fully saturated rings. The molecule has 378 valence electrons. The summed E-state index contributed by atoms with van der Waals surface area (Å²) in [5, 5.41) is 30.4. The topological polar surface area (TPSA) is 183 Å². The lowest BCUT2D eigenvalue weighted by atomic mass is 9.93. The van der Waals surface area contributed by atoms with Crippen molar-refractivity contribution >= 4 is 50.1 Å². The standard InChI is InChI=1S/C46H43ClF9N9O5S/c1-21-22(2)45(52,53)39-34(21)38(46(54,55)56)62-65(39)20-33(66)58-31(17-23-15-24(48)18-25(49)16-23)36-28(10-7-26(57-36)13-14-43(3,4)71(68,69)27-8-9-27)29-11-12-30(47)35-37(29)64(19-32(50)51)63-40(35)59-42-61-60-41(70-42)44(5,6)67/h7,10-12,15-16,18,21-22,27,31-32,67H,8-9,17,19-20H2,1-6H3,(H,58,66)(H,59,61,63)/t21-,22+,31-/m0/s1. The van der Waals surface area contributed by atoms with Crippen molar-refractivity contribution in [3.8, 4) is 23.0 Å². The second-order valence-electron chi connectivity index (χ2n) is 18.5. The fraction of sp³-hybridized carbons (Fsp3) is 0.435. The van der Waals surface area contributed by atoms with Crippen molar-refractivity contribution in [3.05, 3.63) is 98.9 Å². The lowest BCUT2D eigenvalue weighted by Crippen LogP contribution is -2.35. The molecule has 0 aliphatic heterocycles. The van der Waals surface area contributed by atoms with E-state index in [1.54, 1.807) is 0 Å². The lowest BCUT2D eigenvalue weighted by Gasteiger charge is -2.24. The van der Waals surface area contributed by atoms with Crippen LogP contribution in [0.2, 0.25) is 5.02 Å². The number of anilines is 2. The van der Waals surface area contributed by atoms with E-state index in [4.69, 9.17) is 21.0 Å². The van der Waals surface area contributed by atoms with Crippen molar-refractivity contribution in [2.45, 2.75) is 120 Å². The Hall–Kier alpha value is -6.19. The number of pyridine rings is 1. The van der Waals surface area contributed by atoms with E-state index >= 15 is 8.78 Å². The molecule has 2 aliphatic rings. The molecule has 0 spiro atoms. The predicted molar refractivity (Wildman–Crippen MR) is 239 cm³/mol. The van der Waals surface area contributed by atoms with Crippen LogP contribution in [-0.4, -0.2) is 70.6 Å². The van der Waals surface area contributed by atoms with Crippen LogP contribution in [-0.2, 0) is 51.8 Å². The molecular weight excluding hydrogens is 997 g/mol. The highest BCUT2D eigenvalue weighted by Gasteiger charge is 2.57. The van der Waals surface area contributed by atoms with E-state index in [1.165, 1.54) is 58.9 Å². The number of fused-ring (bicyclic) bond motifs is 2. The second-order valence-corrected chi connectivity index (χ2v) is 21.7. The molecule has 0 bridgehead atoms. The van der Waals surface area contributed by atoms with Crippen LogP contribution in [0.25, 0.3) is 22.0 Å². The molecule has 1 saturated carbocycles. The van der Waals surface area contributed by atoms with Crippen molar-refractivity contribution < 1.29 is 62.2 Å². The number of rotatable bonds is 14. The minimum absolute atomic E-state index is 0.0122. The summed E-state index contributed by atoms with van der Waals surface area (Å²) in [5.41, 5.74) is -5.68. The normalized spacial score (nSPS) is 17.6. The minimum Gasteiger partial charge on any atom is -0.405 e. The van der Waals surface area contributed by atoms with Crippen molar-refractivity contribution in [3.63, 3.8) is 0 Å². The predicted octanol–water partition coefficient (Wildman–Crippen LogP) is 9.52. The number of aliphatic hydroxyl groups is 1. The summed E-state index contributed by atoms with van der Waals surface area (Å²) < 4.78 is 165. The summed E-state index contributed by atoms with van der Waals surface area (Å²) in [6.07, 6.45) is -7.92. The van der Waals surface area contributed by atoms with Crippen LogP contribution in [0.3, 0.4) is 0 Å². The number of alkyl halides is 7. The Morgan fingerprint density at radius 2 is 1.65 bits per heavy atom. The third-order valence-electron chi connectivity index (χ3n) is 12.4. The van der Waals surface area contributed by atoms with Crippen LogP contribution in [0.1, 0.15) is 106 Å². The van der Waals surface area contributed by atoms with Crippen molar-refractivity contribution in [2.24, 2.45) is 5.92 Å². The van der Waals surface area contributed by atoms with Gasteiger partial charge in [-0.1, -0.05) is 42.5 Å². The summed E-state index contributed by atoms with van der Waals surface area (Å²) in [6.45, 7) is 5.49. The molecule has 8 rings (SSSR count). The first kappa shape index (κ1) is 51.2. The molecule has 4 aromatic heterocycles. The maximum atomic E-state index is 15.8. The minimum atomic E-state index is -5.20. The van der Waals surface area contributed by atoms with E-state index in [1.807, 2.05) is 0 Å². The van der Waals surface area contributed by atoms with Gasteiger partial charge in [-0.15, -0.1) is 5.10 Å². The zero-order valence-electron chi connectivity index (χ0n) is 38.4. The summed E-state index contributed by atoms with van der Waals surface area (Å²) in [6, 6.07) is 5.89. The zero-order chi connectivity index (χ0) is 51.9. The van der Waals surface area contributed by atoms with Crippen LogP contribution in [0, 0.1) is 29.4 Å².